The zero-order valence-electron chi connectivity index (χ0n) is 35.0. The maximum atomic E-state index is 7.55. The Bertz CT molecular complexity index is 2780. The SMILES string of the molecule is [C-]#Cn1c(-c2ccccc2)ccc1-c1ccccc1.[C-]#Cn1c(-c2ccccc2)ccc1-c1ccccc1.[Pt].[Pt].[c-]1ccc(Oc2ccccn2)[c-]c1-c1[c-]ccc(Oc2ccccn2)[c-]1. The van der Waals surface area contributed by atoms with Crippen LogP contribution in [0.4, 0.5) is 0 Å². The molecular formula is C58H36N4O2Pt2-6. The van der Waals surface area contributed by atoms with Gasteiger partial charge in [-0.15, -0.1) is 0 Å². The zero-order chi connectivity index (χ0) is 43.8. The van der Waals surface area contributed by atoms with Crippen LogP contribution in [0.15, 0.2) is 219 Å². The first kappa shape index (κ1) is 47.7. The molecule has 0 fully saturated rings. The van der Waals surface area contributed by atoms with Crippen LogP contribution in [0.25, 0.3) is 56.2 Å². The van der Waals surface area contributed by atoms with Crippen LogP contribution in [0, 0.1) is 49.2 Å². The van der Waals surface area contributed by atoms with Crippen LogP contribution in [-0.2, 0) is 42.1 Å². The van der Waals surface area contributed by atoms with E-state index in [1.807, 2.05) is 170 Å². The second kappa shape index (κ2) is 24.4. The van der Waals surface area contributed by atoms with Crippen LogP contribution in [-0.4, -0.2) is 19.1 Å². The van der Waals surface area contributed by atoms with E-state index in [4.69, 9.17) is 22.3 Å². The Kier molecular flexibility index (Phi) is 17.6. The van der Waals surface area contributed by atoms with Gasteiger partial charge in [0.1, 0.15) is 0 Å². The summed E-state index contributed by atoms with van der Waals surface area (Å²) in [5.41, 5.74) is 9.62. The Morgan fingerprint density at radius 2 is 0.682 bits per heavy atom. The molecule has 10 rings (SSSR count). The van der Waals surface area contributed by atoms with Gasteiger partial charge < -0.3 is 66.8 Å². The van der Waals surface area contributed by atoms with Crippen molar-refractivity contribution in [2.45, 2.75) is 0 Å². The summed E-state index contributed by atoms with van der Waals surface area (Å²) < 4.78 is 15.0. The molecule has 0 bridgehead atoms. The average molecular weight is 1210 g/mol. The van der Waals surface area contributed by atoms with Crippen LogP contribution >= 0.6 is 0 Å². The second-order valence-electron chi connectivity index (χ2n) is 13.8. The minimum atomic E-state index is 0. The molecule has 66 heavy (non-hydrogen) atoms. The van der Waals surface area contributed by atoms with E-state index < -0.39 is 0 Å². The first-order valence-electron chi connectivity index (χ1n) is 20.2. The van der Waals surface area contributed by atoms with Crippen molar-refractivity contribution in [1.29, 1.82) is 0 Å². The molecule has 4 aromatic heterocycles. The van der Waals surface area contributed by atoms with Crippen LogP contribution in [0.5, 0.6) is 23.3 Å². The monoisotopic (exact) mass is 1210 g/mol. The number of nitrogens with zero attached hydrogens (tertiary/aromatic N) is 4. The second-order valence-corrected chi connectivity index (χ2v) is 13.8. The summed E-state index contributed by atoms with van der Waals surface area (Å²) in [6.45, 7) is 0. The molecule has 0 radical (unpaired) electrons. The Hall–Kier alpha value is -7.72. The van der Waals surface area contributed by atoms with Crippen molar-refractivity contribution < 1.29 is 51.6 Å². The van der Waals surface area contributed by atoms with Crippen LogP contribution in [0.1, 0.15) is 0 Å². The molecule has 6 nitrogen and oxygen atoms in total. The summed E-state index contributed by atoms with van der Waals surface area (Å²) in [6.07, 6.45) is 18.5. The first-order chi connectivity index (χ1) is 31.7. The first-order valence-corrected chi connectivity index (χ1v) is 20.2. The van der Waals surface area contributed by atoms with Gasteiger partial charge >= 0.3 is 0 Å². The average Bonchev–Trinajstić information content (AvgIpc) is 4.02. The molecule has 0 atom stereocenters. The van der Waals surface area contributed by atoms with E-state index >= 15 is 0 Å². The van der Waals surface area contributed by atoms with Crippen LogP contribution in [0.2, 0.25) is 0 Å². The van der Waals surface area contributed by atoms with Gasteiger partial charge in [0.05, 0.1) is 22.8 Å². The van der Waals surface area contributed by atoms with E-state index in [2.05, 4.69) is 46.3 Å². The molecule has 0 aliphatic heterocycles. The molecule has 0 spiro atoms. The largest absolute Gasteiger partial charge is 0.669 e. The number of ether oxygens (including phenoxy) is 2. The van der Waals surface area contributed by atoms with Crippen molar-refractivity contribution in [3.05, 3.63) is 256 Å². The van der Waals surface area contributed by atoms with Crippen molar-refractivity contribution >= 4 is 0 Å². The molecule has 0 aliphatic carbocycles. The summed E-state index contributed by atoms with van der Waals surface area (Å²) in [6, 6.07) is 83.9. The van der Waals surface area contributed by atoms with Gasteiger partial charge in [-0.1, -0.05) is 145 Å². The third kappa shape index (κ3) is 12.3. The van der Waals surface area contributed by atoms with Crippen molar-refractivity contribution in [1.82, 2.24) is 19.1 Å². The van der Waals surface area contributed by atoms with Gasteiger partial charge in [-0.3, -0.25) is 12.1 Å². The number of hydrogen-bond donors (Lipinski definition) is 0. The van der Waals surface area contributed by atoms with Gasteiger partial charge in [0, 0.05) is 66.7 Å². The third-order valence-electron chi connectivity index (χ3n) is 9.64. The predicted molar refractivity (Wildman–Crippen MR) is 252 cm³/mol. The van der Waals surface area contributed by atoms with Gasteiger partial charge in [-0.25, -0.2) is 22.1 Å². The summed E-state index contributed by atoms with van der Waals surface area (Å²) in [4.78, 5) is 8.28. The molecule has 0 saturated heterocycles. The molecule has 0 aliphatic rings. The zero-order valence-corrected chi connectivity index (χ0v) is 39.6. The van der Waals surface area contributed by atoms with E-state index in [0.29, 0.717) is 34.4 Å². The smallest absolute Gasteiger partial charge is 0.215 e. The molecule has 0 saturated carbocycles. The van der Waals surface area contributed by atoms with Gasteiger partial charge in [0.15, 0.2) is 0 Å². The third-order valence-corrected chi connectivity index (χ3v) is 9.64. The predicted octanol–water partition coefficient (Wildman–Crippen LogP) is 13.4. The van der Waals surface area contributed by atoms with Crippen LogP contribution in [0.3, 0.4) is 0 Å². The Labute approximate surface area is 415 Å². The fourth-order valence-corrected chi connectivity index (χ4v) is 6.68. The fraction of sp³-hybridized carbons (Fsp3) is 0. The molecule has 4 heterocycles. The molecule has 10 aromatic rings. The number of pyridine rings is 2. The summed E-state index contributed by atoms with van der Waals surface area (Å²) in [7, 11) is 0. The quantitative estimate of drug-likeness (QED) is 0.107. The van der Waals surface area contributed by atoms with Gasteiger partial charge in [-0.05, 0) is 58.7 Å². The Morgan fingerprint density at radius 3 is 0.955 bits per heavy atom. The van der Waals surface area contributed by atoms with E-state index in [9.17, 15) is 0 Å². The van der Waals surface area contributed by atoms with Crippen molar-refractivity contribution in [3.63, 3.8) is 0 Å². The summed E-state index contributed by atoms with van der Waals surface area (Å²) >= 11 is 0. The van der Waals surface area contributed by atoms with Crippen molar-refractivity contribution in [2.24, 2.45) is 0 Å². The summed E-state index contributed by atoms with van der Waals surface area (Å²) in [5, 5.41) is 0. The standard InChI is InChI=1S/C22H12N2O2.2C18H12N.2Pt/c1-3-13-23-21(11-1)25-19-9-5-7-17(15-19)18-8-6-10-20(16-18)26-22-12-2-4-14-24-22;2*1-2-19-17(15-9-5-3-6-10-15)13-14-18(19)16-11-7-4-8-12-16;;/h1-6,9-14H;2*3-14H;;/q-4;2*-1;;. The maximum absolute atomic E-state index is 7.55. The molecule has 0 N–H and O–H groups in total. The summed E-state index contributed by atoms with van der Waals surface area (Å²) in [5.74, 6) is 2.08. The molecule has 8 heteroatoms. The normalized spacial score (nSPS) is 9.85. The van der Waals surface area contributed by atoms with Crippen molar-refractivity contribution in [3.8, 4) is 91.5 Å². The van der Waals surface area contributed by atoms with E-state index in [0.717, 1.165) is 45.0 Å². The number of aromatic nitrogens is 4. The Morgan fingerprint density at radius 1 is 0.379 bits per heavy atom. The topological polar surface area (TPSA) is 54.1 Å². The minimum Gasteiger partial charge on any atom is -0.669 e. The van der Waals surface area contributed by atoms with Gasteiger partial charge in [0.2, 0.25) is 11.8 Å². The van der Waals surface area contributed by atoms with Crippen molar-refractivity contribution in [2.75, 3.05) is 0 Å². The molecule has 326 valence electrons. The minimum absolute atomic E-state index is 0. The van der Waals surface area contributed by atoms with E-state index in [-0.39, 0.29) is 42.1 Å². The molecule has 0 unspecified atom stereocenters. The van der Waals surface area contributed by atoms with Gasteiger partial charge in [-0.2, -0.15) is 12.1 Å². The number of hydrogen-bond acceptors (Lipinski definition) is 4. The maximum Gasteiger partial charge on any atom is 0.215 e. The van der Waals surface area contributed by atoms with E-state index in [1.165, 1.54) is 0 Å². The van der Waals surface area contributed by atoms with E-state index in [1.54, 1.807) is 57.9 Å². The van der Waals surface area contributed by atoms with Crippen LogP contribution < -0.4 is 9.47 Å². The number of rotatable bonds is 9. The molecular weight excluding hydrogens is 1170 g/mol. The van der Waals surface area contributed by atoms with Gasteiger partial charge in [0.25, 0.3) is 0 Å². The number of benzene rings is 6. The fourth-order valence-electron chi connectivity index (χ4n) is 6.68. The molecule has 0 amide bonds. The Balaban J connectivity index is 0.000000164. The molecule has 6 aromatic carbocycles.